The molecule has 2 unspecified atom stereocenters. The number of aryl methyl sites for hydroxylation is 2. The van der Waals surface area contributed by atoms with Gasteiger partial charge in [-0.2, -0.15) is 0 Å². The van der Waals surface area contributed by atoms with Crippen LogP contribution in [0.1, 0.15) is 66.8 Å². The summed E-state index contributed by atoms with van der Waals surface area (Å²) in [4.78, 5) is 44.8. The molecule has 1 aromatic heterocycles. The summed E-state index contributed by atoms with van der Waals surface area (Å²) in [6, 6.07) is 4.97. The lowest BCUT2D eigenvalue weighted by atomic mass is 9.76. The molecule has 9 nitrogen and oxygen atoms in total. The molecular formula is C31H36Br2ClN5O4. The van der Waals surface area contributed by atoms with Crippen LogP contribution in [-0.4, -0.2) is 76.2 Å². The first-order chi connectivity index (χ1) is 20.7. The number of likely N-dealkylation sites (tertiary alicyclic amines) is 2. The molecule has 0 bridgehead atoms. The third-order valence-electron chi connectivity index (χ3n) is 9.63. The van der Waals surface area contributed by atoms with E-state index >= 15 is 0 Å². The maximum absolute atomic E-state index is 12.7. The molecule has 6 rings (SSSR count). The van der Waals surface area contributed by atoms with E-state index in [1.165, 1.54) is 16.7 Å². The first kappa shape index (κ1) is 31.0. The normalized spacial score (nSPS) is 24.1. The van der Waals surface area contributed by atoms with Crippen molar-refractivity contribution in [2.24, 2.45) is 11.8 Å². The van der Waals surface area contributed by atoms with Gasteiger partial charge in [0.05, 0.1) is 12.1 Å². The summed E-state index contributed by atoms with van der Waals surface area (Å²) in [5.41, 5.74) is 5.01. The smallest absolute Gasteiger partial charge is 0.322 e. The van der Waals surface area contributed by atoms with Crippen molar-refractivity contribution >= 4 is 61.3 Å². The van der Waals surface area contributed by atoms with Gasteiger partial charge < -0.3 is 15.3 Å². The van der Waals surface area contributed by atoms with Gasteiger partial charge in [-0.25, -0.2) is 4.79 Å². The number of hydrogen-bond donors (Lipinski definition) is 3. The quantitative estimate of drug-likeness (QED) is 0.369. The Morgan fingerprint density at radius 1 is 1.05 bits per heavy atom. The zero-order valence-corrected chi connectivity index (χ0v) is 27.8. The minimum Gasteiger partial charge on any atom is -0.378 e. The van der Waals surface area contributed by atoms with E-state index in [2.05, 4.69) is 59.5 Å². The minimum atomic E-state index is -0.793. The number of rotatable bonds is 6. The molecule has 4 amide bonds. The second-order valence-electron chi connectivity index (χ2n) is 12.3. The molecule has 12 heteroatoms. The third kappa shape index (κ3) is 6.81. The van der Waals surface area contributed by atoms with Crippen LogP contribution in [0.15, 0.2) is 33.3 Å². The molecule has 230 valence electrons. The molecule has 3 fully saturated rings. The van der Waals surface area contributed by atoms with Crippen LogP contribution in [0.5, 0.6) is 0 Å². The van der Waals surface area contributed by atoms with Gasteiger partial charge in [0.2, 0.25) is 5.91 Å². The maximum Gasteiger partial charge on any atom is 0.322 e. The van der Waals surface area contributed by atoms with E-state index < -0.39 is 24.2 Å². The second kappa shape index (κ2) is 13.1. The molecular weight excluding hydrogens is 702 g/mol. The highest BCUT2D eigenvalue weighted by atomic mass is 79.9. The standard InChI is InChI=1S/C31H36Br2ClN5O4/c32-21-12-20-2-1-19-13-22(34)14-23(33)27(19)28(29(20)35-16-21)18-5-9-39(10-6-18)25(40)11-17-3-7-38(8-4-17)26(41)15-24-30(42)37-31(43)36-24/h12-14,16-18,24-25,28,40H,1-11,15H2,(H2,36,37,42,43)/t24?,25?,28-/m1/s1. The number of amides is 4. The zero-order chi connectivity index (χ0) is 30.2. The lowest BCUT2D eigenvalue weighted by Crippen LogP contribution is -2.45. The molecule has 3 N–H and O–H groups in total. The molecule has 4 aliphatic rings. The van der Waals surface area contributed by atoms with Crippen molar-refractivity contribution in [2.45, 2.75) is 69.6 Å². The Balaban J connectivity index is 1.05. The Morgan fingerprint density at radius 2 is 1.77 bits per heavy atom. The number of carbonyl (C=O) groups is 3. The number of aliphatic hydroxyl groups is 1. The summed E-state index contributed by atoms with van der Waals surface area (Å²) in [5.74, 6) is 0.313. The van der Waals surface area contributed by atoms with Gasteiger partial charge in [-0.15, -0.1) is 0 Å². The summed E-state index contributed by atoms with van der Waals surface area (Å²) in [5, 5.41) is 16.6. The molecule has 2 aromatic rings. The van der Waals surface area contributed by atoms with Crippen LogP contribution in [0.2, 0.25) is 5.02 Å². The number of piperidine rings is 2. The predicted octanol–water partition coefficient (Wildman–Crippen LogP) is 4.75. The number of urea groups is 1. The fourth-order valence-corrected chi connectivity index (χ4v) is 8.85. The van der Waals surface area contributed by atoms with E-state index in [0.717, 1.165) is 71.3 Å². The monoisotopic (exact) mass is 735 g/mol. The molecule has 1 aromatic carbocycles. The number of nitrogens with zero attached hydrogens (tertiary/aromatic N) is 3. The molecule has 0 radical (unpaired) electrons. The van der Waals surface area contributed by atoms with Gasteiger partial charge in [-0.05, 0) is 108 Å². The Hall–Kier alpha value is -2.05. The number of benzene rings is 1. The summed E-state index contributed by atoms with van der Waals surface area (Å²) in [6.07, 6.45) is 7.45. The fraction of sp³-hybridized carbons (Fsp3) is 0.548. The molecule has 1 aliphatic carbocycles. The summed E-state index contributed by atoms with van der Waals surface area (Å²) >= 11 is 13.9. The van der Waals surface area contributed by atoms with Gasteiger partial charge >= 0.3 is 6.03 Å². The SMILES string of the molecule is O=C1NC(=O)C(CC(=O)N2CCC(CC(O)N3CCC([C@H]4c5ncc(Br)cc5CCc5cc(Cl)cc(Br)c54)CC3)CC2)N1. The number of halogens is 3. The maximum atomic E-state index is 12.7. The van der Waals surface area contributed by atoms with Crippen LogP contribution in [-0.2, 0) is 22.4 Å². The zero-order valence-electron chi connectivity index (χ0n) is 23.8. The average molecular weight is 738 g/mol. The van der Waals surface area contributed by atoms with Crippen molar-refractivity contribution in [1.82, 2.24) is 25.4 Å². The van der Waals surface area contributed by atoms with Gasteiger partial charge in [-0.1, -0.05) is 27.5 Å². The highest BCUT2D eigenvalue weighted by Crippen LogP contribution is 2.46. The Morgan fingerprint density at radius 3 is 2.47 bits per heavy atom. The largest absolute Gasteiger partial charge is 0.378 e. The molecule has 4 heterocycles. The van der Waals surface area contributed by atoms with Crippen molar-refractivity contribution in [3.05, 3.63) is 60.7 Å². The Bertz CT molecular complexity index is 1410. The number of nitrogens with one attached hydrogen (secondary N) is 2. The summed E-state index contributed by atoms with van der Waals surface area (Å²) in [6.45, 7) is 2.84. The van der Waals surface area contributed by atoms with Gasteiger partial charge in [0.1, 0.15) is 12.3 Å². The first-order valence-electron chi connectivity index (χ1n) is 15.1. The van der Waals surface area contributed by atoms with Crippen molar-refractivity contribution in [2.75, 3.05) is 26.2 Å². The number of carbonyl (C=O) groups excluding carboxylic acids is 3. The van der Waals surface area contributed by atoms with E-state index in [1.807, 2.05) is 12.3 Å². The third-order valence-corrected chi connectivity index (χ3v) is 10.9. The minimum absolute atomic E-state index is 0.0217. The van der Waals surface area contributed by atoms with Crippen molar-refractivity contribution < 1.29 is 19.5 Å². The van der Waals surface area contributed by atoms with Crippen LogP contribution in [0, 0.1) is 11.8 Å². The van der Waals surface area contributed by atoms with Gasteiger partial charge in [0, 0.05) is 52.3 Å². The number of fused-ring (bicyclic) bond motifs is 2. The van der Waals surface area contributed by atoms with Gasteiger partial charge in [0.15, 0.2) is 0 Å². The van der Waals surface area contributed by atoms with Crippen molar-refractivity contribution in [3.8, 4) is 0 Å². The van der Waals surface area contributed by atoms with Crippen LogP contribution < -0.4 is 10.6 Å². The molecule has 3 atom stereocenters. The number of pyridine rings is 1. The topological polar surface area (TPSA) is 115 Å². The summed E-state index contributed by atoms with van der Waals surface area (Å²) in [7, 11) is 0. The second-order valence-corrected chi connectivity index (χ2v) is 14.5. The van der Waals surface area contributed by atoms with Gasteiger partial charge in [0.25, 0.3) is 5.91 Å². The van der Waals surface area contributed by atoms with E-state index in [9.17, 15) is 19.5 Å². The predicted molar refractivity (Wildman–Crippen MR) is 170 cm³/mol. The van der Waals surface area contributed by atoms with Crippen molar-refractivity contribution in [3.63, 3.8) is 0 Å². The number of imide groups is 1. The van der Waals surface area contributed by atoms with Crippen molar-refractivity contribution in [1.29, 1.82) is 0 Å². The molecule has 43 heavy (non-hydrogen) atoms. The van der Waals surface area contributed by atoms with Crippen LogP contribution >= 0.6 is 43.5 Å². The molecule has 0 saturated carbocycles. The first-order valence-corrected chi connectivity index (χ1v) is 17.1. The summed E-state index contributed by atoms with van der Waals surface area (Å²) < 4.78 is 2.04. The fourth-order valence-electron chi connectivity index (χ4n) is 7.35. The highest BCUT2D eigenvalue weighted by molar-refractivity contribution is 9.10. The average Bonchev–Trinajstić information content (AvgIpc) is 3.20. The van der Waals surface area contributed by atoms with Crippen LogP contribution in [0.3, 0.4) is 0 Å². The van der Waals surface area contributed by atoms with E-state index in [0.29, 0.717) is 31.3 Å². The van der Waals surface area contributed by atoms with E-state index in [-0.39, 0.29) is 18.2 Å². The lowest BCUT2D eigenvalue weighted by molar-refractivity contribution is -0.135. The highest BCUT2D eigenvalue weighted by Gasteiger charge is 2.38. The molecule has 3 saturated heterocycles. The Kier molecular flexibility index (Phi) is 9.45. The lowest BCUT2D eigenvalue weighted by Gasteiger charge is -2.40. The number of aliphatic hydroxyl groups excluding tert-OH is 1. The Labute approximate surface area is 273 Å². The van der Waals surface area contributed by atoms with E-state index in [1.54, 1.807) is 4.90 Å². The van der Waals surface area contributed by atoms with Crippen LogP contribution in [0.25, 0.3) is 0 Å². The van der Waals surface area contributed by atoms with Crippen LogP contribution in [0.4, 0.5) is 4.79 Å². The number of aromatic nitrogens is 1. The van der Waals surface area contributed by atoms with E-state index in [4.69, 9.17) is 16.6 Å². The number of hydrogen-bond acceptors (Lipinski definition) is 6. The molecule has 0 spiro atoms. The molecule has 3 aliphatic heterocycles. The van der Waals surface area contributed by atoms with Gasteiger partial charge in [-0.3, -0.25) is 24.8 Å².